The number of rotatable bonds is 5. The molecule has 0 radical (unpaired) electrons. The molecule has 2 N–H and O–H groups in total. The number of nitrogens with zero attached hydrogens (tertiary/aromatic N) is 2. The fourth-order valence-electron chi connectivity index (χ4n) is 2.97. The Morgan fingerprint density at radius 2 is 2.15 bits per heavy atom. The van der Waals surface area contributed by atoms with E-state index < -0.39 is 0 Å². The van der Waals surface area contributed by atoms with Crippen LogP contribution in [0.5, 0.6) is 0 Å². The van der Waals surface area contributed by atoms with Crippen LogP contribution in [-0.2, 0) is 25.8 Å². The number of aromatic nitrogens is 2. The predicted octanol–water partition coefficient (Wildman–Crippen LogP) is 2.70. The van der Waals surface area contributed by atoms with Crippen molar-refractivity contribution >= 4 is 0 Å². The van der Waals surface area contributed by atoms with Crippen molar-refractivity contribution in [3.8, 4) is 0 Å². The molecule has 1 unspecified atom stereocenters. The summed E-state index contributed by atoms with van der Waals surface area (Å²) >= 11 is 0. The van der Waals surface area contributed by atoms with Crippen molar-refractivity contribution in [1.82, 2.24) is 9.55 Å². The molecule has 1 atom stereocenters. The summed E-state index contributed by atoms with van der Waals surface area (Å²) in [5, 5.41) is 0. The summed E-state index contributed by atoms with van der Waals surface area (Å²) in [6, 6.07) is 7.13. The topological polar surface area (TPSA) is 43.8 Å². The first-order chi connectivity index (χ1) is 9.76. The van der Waals surface area contributed by atoms with E-state index >= 15 is 0 Å². The lowest BCUT2D eigenvalue weighted by atomic mass is 10.1. The highest BCUT2D eigenvalue weighted by molar-refractivity contribution is 5.35. The summed E-state index contributed by atoms with van der Waals surface area (Å²) < 4.78 is 2.23. The third-order valence-corrected chi connectivity index (χ3v) is 4.29. The molecular formula is C17H23N3. The van der Waals surface area contributed by atoms with Gasteiger partial charge in [0.15, 0.2) is 0 Å². The highest BCUT2D eigenvalue weighted by Crippen LogP contribution is 2.23. The lowest BCUT2D eigenvalue weighted by Gasteiger charge is -2.12. The predicted molar refractivity (Wildman–Crippen MR) is 81.8 cm³/mol. The number of imidazole rings is 1. The van der Waals surface area contributed by atoms with Crippen molar-refractivity contribution in [2.45, 2.75) is 51.6 Å². The van der Waals surface area contributed by atoms with Crippen LogP contribution in [0.3, 0.4) is 0 Å². The van der Waals surface area contributed by atoms with Gasteiger partial charge in [-0.3, -0.25) is 0 Å². The van der Waals surface area contributed by atoms with Crippen molar-refractivity contribution in [1.29, 1.82) is 0 Å². The third-order valence-electron chi connectivity index (χ3n) is 4.29. The van der Waals surface area contributed by atoms with Gasteiger partial charge < -0.3 is 10.3 Å². The summed E-state index contributed by atoms with van der Waals surface area (Å²) in [7, 11) is 0. The first-order valence-electron chi connectivity index (χ1n) is 7.62. The Labute approximate surface area is 120 Å². The second-order valence-electron chi connectivity index (χ2n) is 5.80. The smallest absolute Gasteiger partial charge is 0.110 e. The number of hydrogen-bond donors (Lipinski definition) is 1. The van der Waals surface area contributed by atoms with Crippen LogP contribution >= 0.6 is 0 Å². The molecule has 0 saturated carbocycles. The zero-order valence-corrected chi connectivity index (χ0v) is 12.2. The average Bonchev–Trinajstić information content (AvgIpc) is 3.08. The van der Waals surface area contributed by atoms with E-state index in [4.69, 9.17) is 5.73 Å². The zero-order chi connectivity index (χ0) is 13.9. The van der Waals surface area contributed by atoms with Crippen LogP contribution < -0.4 is 5.73 Å². The van der Waals surface area contributed by atoms with Gasteiger partial charge in [0.2, 0.25) is 0 Å². The Morgan fingerprint density at radius 1 is 1.30 bits per heavy atom. The molecule has 0 bridgehead atoms. The van der Waals surface area contributed by atoms with Gasteiger partial charge in [-0.2, -0.15) is 0 Å². The average molecular weight is 269 g/mol. The van der Waals surface area contributed by atoms with Gasteiger partial charge in [0, 0.05) is 31.4 Å². The SMILES string of the molecule is CCC(N)Cc1nccn1Cc1ccc2c(c1)CCC2. The van der Waals surface area contributed by atoms with Gasteiger partial charge in [-0.15, -0.1) is 0 Å². The Bertz CT molecular complexity index is 586. The molecule has 20 heavy (non-hydrogen) atoms. The van der Waals surface area contributed by atoms with E-state index in [2.05, 4.69) is 40.9 Å². The number of benzene rings is 1. The Morgan fingerprint density at radius 3 is 3.00 bits per heavy atom. The molecule has 1 aliphatic rings. The molecule has 0 aliphatic heterocycles. The maximum Gasteiger partial charge on any atom is 0.110 e. The highest BCUT2D eigenvalue weighted by Gasteiger charge is 2.12. The van der Waals surface area contributed by atoms with Crippen LogP contribution in [0.2, 0.25) is 0 Å². The Kier molecular flexibility index (Phi) is 3.88. The number of fused-ring (bicyclic) bond motifs is 1. The summed E-state index contributed by atoms with van der Waals surface area (Å²) in [5.74, 6) is 1.10. The third kappa shape index (κ3) is 2.78. The van der Waals surface area contributed by atoms with E-state index in [1.807, 2.05) is 6.20 Å². The molecule has 2 aromatic rings. The van der Waals surface area contributed by atoms with Crippen LogP contribution in [0.25, 0.3) is 0 Å². The number of aryl methyl sites for hydroxylation is 2. The summed E-state index contributed by atoms with van der Waals surface area (Å²) in [6.45, 7) is 3.03. The molecule has 3 heteroatoms. The van der Waals surface area contributed by atoms with Crippen LogP contribution in [0.15, 0.2) is 30.6 Å². The lowest BCUT2D eigenvalue weighted by molar-refractivity contribution is 0.597. The van der Waals surface area contributed by atoms with E-state index in [1.54, 1.807) is 0 Å². The molecule has 106 valence electrons. The molecule has 3 rings (SSSR count). The standard InChI is InChI=1S/C17H23N3/c1-2-16(18)11-17-19-8-9-20(17)12-13-6-7-14-4-3-5-15(14)10-13/h6-10,16H,2-5,11-12,18H2,1H3. The molecule has 1 aromatic heterocycles. The van der Waals surface area contributed by atoms with Crippen molar-refractivity contribution in [3.63, 3.8) is 0 Å². The molecule has 0 spiro atoms. The quantitative estimate of drug-likeness (QED) is 0.907. The molecule has 1 aliphatic carbocycles. The first-order valence-corrected chi connectivity index (χ1v) is 7.62. The molecule has 3 nitrogen and oxygen atoms in total. The summed E-state index contributed by atoms with van der Waals surface area (Å²) in [4.78, 5) is 4.46. The van der Waals surface area contributed by atoms with Gasteiger partial charge in [0.25, 0.3) is 0 Å². The molecular weight excluding hydrogens is 246 g/mol. The van der Waals surface area contributed by atoms with Gasteiger partial charge in [0.05, 0.1) is 0 Å². The summed E-state index contributed by atoms with van der Waals surface area (Å²) in [5.41, 5.74) is 10.5. The Balaban J connectivity index is 1.76. The minimum Gasteiger partial charge on any atom is -0.330 e. The maximum atomic E-state index is 6.05. The van der Waals surface area contributed by atoms with Gasteiger partial charge in [-0.25, -0.2) is 4.98 Å². The minimum atomic E-state index is 0.205. The largest absolute Gasteiger partial charge is 0.330 e. The van der Waals surface area contributed by atoms with Crippen molar-refractivity contribution in [2.24, 2.45) is 5.73 Å². The van der Waals surface area contributed by atoms with E-state index in [9.17, 15) is 0 Å². The van der Waals surface area contributed by atoms with Gasteiger partial charge in [-0.05, 0) is 42.4 Å². The van der Waals surface area contributed by atoms with E-state index in [-0.39, 0.29) is 6.04 Å². The highest BCUT2D eigenvalue weighted by atomic mass is 15.1. The normalized spacial score (nSPS) is 15.3. The monoisotopic (exact) mass is 269 g/mol. The van der Waals surface area contributed by atoms with Crippen molar-refractivity contribution in [3.05, 3.63) is 53.1 Å². The number of hydrogen-bond acceptors (Lipinski definition) is 2. The van der Waals surface area contributed by atoms with Crippen LogP contribution in [0, 0.1) is 0 Å². The van der Waals surface area contributed by atoms with Crippen molar-refractivity contribution < 1.29 is 0 Å². The molecule has 0 saturated heterocycles. The second-order valence-corrected chi connectivity index (χ2v) is 5.80. The fraction of sp³-hybridized carbons (Fsp3) is 0.471. The van der Waals surface area contributed by atoms with Crippen LogP contribution in [-0.4, -0.2) is 15.6 Å². The first kappa shape index (κ1) is 13.4. The Hall–Kier alpha value is -1.61. The summed E-state index contributed by atoms with van der Waals surface area (Å²) in [6.07, 6.45) is 9.58. The van der Waals surface area contributed by atoms with Gasteiger partial charge in [0.1, 0.15) is 5.82 Å². The maximum absolute atomic E-state index is 6.05. The van der Waals surface area contributed by atoms with Gasteiger partial charge >= 0.3 is 0 Å². The fourth-order valence-corrected chi connectivity index (χ4v) is 2.97. The van der Waals surface area contributed by atoms with E-state index in [0.717, 1.165) is 25.2 Å². The van der Waals surface area contributed by atoms with E-state index in [1.165, 1.54) is 36.0 Å². The van der Waals surface area contributed by atoms with Gasteiger partial charge in [-0.1, -0.05) is 25.1 Å². The van der Waals surface area contributed by atoms with Crippen LogP contribution in [0.1, 0.15) is 42.3 Å². The van der Waals surface area contributed by atoms with Crippen molar-refractivity contribution in [2.75, 3.05) is 0 Å². The second kappa shape index (κ2) is 5.80. The van der Waals surface area contributed by atoms with E-state index in [0.29, 0.717) is 0 Å². The molecule has 1 aromatic carbocycles. The molecule has 0 amide bonds. The lowest BCUT2D eigenvalue weighted by Crippen LogP contribution is -2.23. The minimum absolute atomic E-state index is 0.205. The molecule has 0 fully saturated rings. The van der Waals surface area contributed by atoms with Crippen LogP contribution in [0.4, 0.5) is 0 Å². The molecule has 1 heterocycles. The number of nitrogens with two attached hydrogens (primary N) is 1. The zero-order valence-electron chi connectivity index (χ0n) is 12.2.